The van der Waals surface area contributed by atoms with E-state index >= 15 is 0 Å². The van der Waals surface area contributed by atoms with Gasteiger partial charge < -0.3 is 35.8 Å². The van der Waals surface area contributed by atoms with E-state index < -0.39 is 41.5 Å². The van der Waals surface area contributed by atoms with Gasteiger partial charge in [-0.25, -0.2) is 14.8 Å². The fourth-order valence-corrected chi connectivity index (χ4v) is 7.66. The molecule has 1 saturated heterocycles. The normalized spacial score (nSPS) is 24.2. The highest BCUT2D eigenvalue weighted by molar-refractivity contribution is 7.14. The fraction of sp³-hybridized carbons (Fsp3) is 0.545. The van der Waals surface area contributed by atoms with Gasteiger partial charge in [0.25, 0.3) is 0 Å². The van der Waals surface area contributed by atoms with Crippen LogP contribution in [-0.2, 0) is 14.3 Å². The third-order valence-corrected chi connectivity index (χ3v) is 10.2. The fourth-order valence-electron chi connectivity index (χ4n) is 6.60. The van der Waals surface area contributed by atoms with E-state index in [9.17, 15) is 19.5 Å². The molecular formula is C33H41ClN6O6S. The number of benzene rings is 1. The first-order valence-electron chi connectivity index (χ1n) is 16.0. The number of fused-ring (bicyclic) bond motifs is 2. The molecule has 2 aromatic heterocycles. The summed E-state index contributed by atoms with van der Waals surface area (Å²) in [6, 6.07) is 3.09. The second-order valence-electron chi connectivity index (χ2n) is 14.2. The van der Waals surface area contributed by atoms with Crippen molar-refractivity contribution in [1.29, 1.82) is 0 Å². The Kier molecular flexibility index (Phi) is 8.90. The number of nitrogens with one attached hydrogen (secondary N) is 2. The van der Waals surface area contributed by atoms with Gasteiger partial charge in [-0.15, -0.1) is 11.3 Å². The zero-order valence-electron chi connectivity index (χ0n) is 27.1. The molecule has 3 fully saturated rings. The van der Waals surface area contributed by atoms with Crippen molar-refractivity contribution >= 4 is 56.9 Å². The Bertz CT molecular complexity index is 1700. The first-order chi connectivity index (χ1) is 22.2. The van der Waals surface area contributed by atoms with Gasteiger partial charge in [-0.1, -0.05) is 32.4 Å². The number of pyridine rings is 1. The molecule has 3 heterocycles. The van der Waals surface area contributed by atoms with E-state index in [4.69, 9.17) is 31.8 Å². The predicted octanol–water partition coefficient (Wildman–Crippen LogP) is 5.31. The number of amides is 3. The van der Waals surface area contributed by atoms with Crippen LogP contribution < -0.4 is 21.1 Å². The number of carbonyl (C=O) groups excluding carboxylic acids is 3. The van der Waals surface area contributed by atoms with Crippen LogP contribution in [0.1, 0.15) is 60.3 Å². The van der Waals surface area contributed by atoms with Gasteiger partial charge in [-0.2, -0.15) is 0 Å². The maximum Gasteiger partial charge on any atom is 0.408 e. The van der Waals surface area contributed by atoms with Crippen LogP contribution in [0.25, 0.3) is 22.3 Å². The van der Waals surface area contributed by atoms with Crippen molar-refractivity contribution in [3.63, 3.8) is 0 Å². The van der Waals surface area contributed by atoms with E-state index in [1.165, 1.54) is 28.7 Å². The van der Waals surface area contributed by atoms with Crippen molar-refractivity contribution in [1.82, 2.24) is 20.2 Å². The van der Waals surface area contributed by atoms with Crippen molar-refractivity contribution in [2.45, 2.75) is 90.6 Å². The zero-order chi connectivity index (χ0) is 33.8. The number of phenolic OH excluding ortho intramolecular Hbond substituents is 1. The lowest BCUT2D eigenvalue weighted by molar-refractivity contribution is -0.141. The smallest absolute Gasteiger partial charge is 0.408 e. The lowest BCUT2D eigenvalue weighted by atomic mass is 9.85. The number of nitrogens with two attached hydrogens (primary N) is 1. The third-order valence-electron chi connectivity index (χ3n) is 9.06. The van der Waals surface area contributed by atoms with E-state index in [1.807, 2.05) is 40.0 Å². The summed E-state index contributed by atoms with van der Waals surface area (Å²) in [5.74, 6) is 0.420. The van der Waals surface area contributed by atoms with Crippen molar-refractivity contribution in [2.24, 2.45) is 23.0 Å². The predicted molar refractivity (Wildman–Crippen MR) is 179 cm³/mol. The molecule has 3 amide bonds. The quantitative estimate of drug-likeness (QED) is 0.233. The van der Waals surface area contributed by atoms with Gasteiger partial charge in [0.05, 0.1) is 17.8 Å². The SMILES string of the molecule is CC(C)Nc1nc(-c2cc(OC3C[C@@H](C(N)=O)N(C(=O)[C@@H](NC(=O)OC4C[C@@H]5C[C@@H]5C4)C(C)(C)C)C3)c3ccc(O)c(Cl)c3n2)cs1. The maximum absolute atomic E-state index is 14.1. The molecule has 3 aromatic rings. The van der Waals surface area contributed by atoms with Crippen molar-refractivity contribution < 1.29 is 29.0 Å². The van der Waals surface area contributed by atoms with Crippen molar-refractivity contribution in [3.05, 3.63) is 28.6 Å². The van der Waals surface area contributed by atoms with Crippen LogP contribution in [0.3, 0.4) is 0 Å². The summed E-state index contributed by atoms with van der Waals surface area (Å²) in [6.45, 7) is 9.60. The van der Waals surface area contributed by atoms with Crippen LogP contribution in [0.15, 0.2) is 23.6 Å². The number of thiazole rings is 1. The summed E-state index contributed by atoms with van der Waals surface area (Å²) in [4.78, 5) is 50.4. The number of carbonyl (C=O) groups is 3. The summed E-state index contributed by atoms with van der Waals surface area (Å²) in [5.41, 5.74) is 6.50. The number of hydrogen-bond donors (Lipinski definition) is 4. The molecular weight excluding hydrogens is 644 g/mol. The summed E-state index contributed by atoms with van der Waals surface area (Å²) >= 11 is 7.93. The number of nitrogens with zero attached hydrogens (tertiary/aromatic N) is 3. The second-order valence-corrected chi connectivity index (χ2v) is 15.5. The number of aromatic hydroxyl groups is 1. The van der Waals surface area contributed by atoms with E-state index in [2.05, 4.69) is 15.6 Å². The molecule has 12 nitrogen and oxygen atoms in total. The molecule has 5 N–H and O–H groups in total. The number of primary amides is 1. The lowest BCUT2D eigenvalue weighted by Gasteiger charge is -2.35. The molecule has 2 unspecified atom stereocenters. The molecule has 3 aliphatic rings. The Balaban J connectivity index is 1.25. The zero-order valence-corrected chi connectivity index (χ0v) is 28.7. The minimum atomic E-state index is -0.972. The van der Waals surface area contributed by atoms with E-state index in [0.717, 1.165) is 18.0 Å². The van der Waals surface area contributed by atoms with Gasteiger partial charge in [0.2, 0.25) is 11.8 Å². The average molecular weight is 685 g/mol. The maximum atomic E-state index is 14.1. The number of rotatable bonds is 9. The molecule has 0 radical (unpaired) electrons. The number of ether oxygens (including phenoxy) is 2. The van der Waals surface area contributed by atoms with Gasteiger partial charge in [-0.05, 0) is 62.5 Å². The number of anilines is 1. The molecule has 2 saturated carbocycles. The highest BCUT2D eigenvalue weighted by Crippen LogP contribution is 2.52. The third kappa shape index (κ3) is 7.06. The molecule has 14 heteroatoms. The molecule has 0 spiro atoms. The van der Waals surface area contributed by atoms with Crippen LogP contribution in [0.2, 0.25) is 5.02 Å². The van der Waals surface area contributed by atoms with Gasteiger partial charge in [-0.3, -0.25) is 9.59 Å². The van der Waals surface area contributed by atoms with Crippen LogP contribution >= 0.6 is 22.9 Å². The molecule has 2 aliphatic carbocycles. The van der Waals surface area contributed by atoms with E-state index in [0.29, 0.717) is 39.9 Å². The van der Waals surface area contributed by atoms with Gasteiger partial charge in [0.15, 0.2) is 5.13 Å². The number of halogens is 1. The van der Waals surface area contributed by atoms with Crippen LogP contribution in [0, 0.1) is 17.3 Å². The number of alkyl carbamates (subject to hydrolysis) is 1. The number of phenols is 1. The van der Waals surface area contributed by atoms with E-state index in [1.54, 1.807) is 12.1 Å². The summed E-state index contributed by atoms with van der Waals surface area (Å²) in [6.07, 6.45) is 1.63. The standard InChI is InChI=1S/C33H41ClN6O6S/c1-15(2)36-31-38-22(14-47-31)21-12-25(20-6-7-24(41)26(34)27(20)37-21)45-19-11-23(29(35)42)40(13-19)30(43)28(33(3,4)5)39-32(44)46-18-9-16-8-17(16)10-18/h6-7,12,14-19,23,28,41H,8-11,13H2,1-5H3,(H2,35,42)(H,36,38)(H,39,44)/t16-,17+,18?,19?,23-,28+/m0/s1. The number of hydrogen-bond acceptors (Lipinski definition) is 10. The molecule has 252 valence electrons. The first-order valence-corrected chi connectivity index (χ1v) is 17.2. The topological polar surface area (TPSA) is 169 Å². The molecule has 0 bridgehead atoms. The Morgan fingerprint density at radius 1 is 1.09 bits per heavy atom. The highest BCUT2D eigenvalue weighted by Gasteiger charge is 2.48. The van der Waals surface area contributed by atoms with Crippen LogP contribution in [0.5, 0.6) is 11.5 Å². The summed E-state index contributed by atoms with van der Waals surface area (Å²) < 4.78 is 12.2. The molecule has 1 aromatic carbocycles. The van der Waals surface area contributed by atoms with Crippen molar-refractivity contribution in [3.8, 4) is 22.9 Å². The Morgan fingerprint density at radius 3 is 2.47 bits per heavy atom. The molecule has 1 aliphatic heterocycles. The van der Waals surface area contributed by atoms with Gasteiger partial charge in [0.1, 0.15) is 46.5 Å². The molecule has 47 heavy (non-hydrogen) atoms. The monoisotopic (exact) mass is 684 g/mol. The van der Waals surface area contributed by atoms with E-state index in [-0.39, 0.29) is 35.9 Å². The Morgan fingerprint density at radius 2 is 1.81 bits per heavy atom. The van der Waals surface area contributed by atoms with Crippen LogP contribution in [0.4, 0.5) is 9.93 Å². The minimum absolute atomic E-state index is 0.0475. The second kappa shape index (κ2) is 12.6. The average Bonchev–Trinajstić information content (AvgIpc) is 3.34. The lowest BCUT2D eigenvalue weighted by Crippen LogP contribution is -2.57. The summed E-state index contributed by atoms with van der Waals surface area (Å²) in [5, 5.41) is 19.6. The minimum Gasteiger partial charge on any atom is -0.506 e. The largest absolute Gasteiger partial charge is 0.506 e. The summed E-state index contributed by atoms with van der Waals surface area (Å²) in [7, 11) is 0. The number of aromatic nitrogens is 2. The van der Waals surface area contributed by atoms with Gasteiger partial charge in [0, 0.05) is 29.3 Å². The Labute approximate surface area is 282 Å². The molecule has 6 rings (SSSR count). The Hall–Kier alpha value is -3.84. The van der Waals surface area contributed by atoms with Crippen molar-refractivity contribution in [2.75, 3.05) is 11.9 Å². The molecule has 6 atom stereocenters. The van der Waals surface area contributed by atoms with Gasteiger partial charge >= 0.3 is 6.09 Å². The number of likely N-dealkylation sites (tertiary alicyclic amines) is 1. The van der Waals surface area contributed by atoms with Crippen LogP contribution in [-0.4, -0.2) is 74.8 Å². The first kappa shape index (κ1) is 33.1. The highest BCUT2D eigenvalue weighted by atomic mass is 35.5.